The molecule has 1 aromatic carbocycles. The molecule has 1 heterocycles. The monoisotopic (exact) mass is 355 g/mol. The molecule has 0 aliphatic carbocycles. The van der Waals surface area contributed by atoms with Gasteiger partial charge in [-0.05, 0) is 52.0 Å². The predicted octanol–water partition coefficient (Wildman–Crippen LogP) is 4.68. The third-order valence-electron chi connectivity index (χ3n) is 2.79. The van der Waals surface area contributed by atoms with E-state index in [4.69, 9.17) is 0 Å². The first-order chi connectivity index (χ1) is 9.11. The van der Waals surface area contributed by atoms with Gasteiger partial charge in [0.25, 0.3) is 5.91 Å². The molecule has 1 atom stereocenters. The number of halogens is 1. The van der Waals surface area contributed by atoms with E-state index in [2.05, 4.69) is 40.8 Å². The Morgan fingerprint density at radius 3 is 2.89 bits per heavy atom. The van der Waals surface area contributed by atoms with E-state index in [-0.39, 0.29) is 11.9 Å². The van der Waals surface area contributed by atoms with Crippen molar-refractivity contribution < 1.29 is 4.79 Å². The molecule has 0 spiro atoms. The molecule has 0 aliphatic heterocycles. The summed E-state index contributed by atoms with van der Waals surface area (Å²) in [5.74, 6) is -0.0805. The first kappa shape index (κ1) is 14.6. The number of carbonyl (C=O) groups excluding carboxylic acids is 1. The highest BCUT2D eigenvalue weighted by molar-refractivity contribution is 9.10. The van der Waals surface area contributed by atoms with Crippen molar-refractivity contribution in [3.63, 3.8) is 0 Å². The van der Waals surface area contributed by atoms with Crippen molar-refractivity contribution in [2.24, 2.45) is 0 Å². The molecule has 0 saturated carbocycles. The van der Waals surface area contributed by atoms with Crippen molar-refractivity contribution >= 4 is 45.8 Å². The van der Waals surface area contributed by atoms with E-state index in [9.17, 15) is 4.79 Å². The Hall–Kier alpha value is -0.780. The second kappa shape index (κ2) is 6.59. The highest BCUT2D eigenvalue weighted by atomic mass is 79.9. The van der Waals surface area contributed by atoms with Crippen LogP contribution in [0.15, 0.2) is 45.1 Å². The van der Waals surface area contributed by atoms with Crippen molar-refractivity contribution in [3.8, 4) is 0 Å². The second-order valence-electron chi connectivity index (χ2n) is 4.11. The van der Waals surface area contributed by atoms with Gasteiger partial charge in [-0.3, -0.25) is 4.79 Å². The number of thiophene rings is 1. The Kier molecular flexibility index (Phi) is 5.07. The zero-order valence-electron chi connectivity index (χ0n) is 10.4. The maximum absolute atomic E-state index is 12.3. The topological polar surface area (TPSA) is 29.1 Å². The highest BCUT2D eigenvalue weighted by Gasteiger charge is 2.16. The molecule has 1 aromatic heterocycles. The predicted molar refractivity (Wildman–Crippen MR) is 86.2 cm³/mol. The van der Waals surface area contributed by atoms with Gasteiger partial charge in [0.15, 0.2) is 0 Å². The van der Waals surface area contributed by atoms with Crippen molar-refractivity contribution in [2.45, 2.75) is 24.3 Å². The lowest BCUT2D eigenvalue weighted by Crippen LogP contribution is -2.27. The van der Waals surface area contributed by atoms with E-state index in [1.165, 1.54) is 4.88 Å². The van der Waals surface area contributed by atoms with Gasteiger partial charge in [0.05, 0.1) is 11.6 Å². The van der Waals surface area contributed by atoms with Crippen LogP contribution in [-0.4, -0.2) is 5.91 Å². The molecule has 0 saturated heterocycles. The minimum Gasteiger partial charge on any atom is -0.344 e. The van der Waals surface area contributed by atoms with E-state index < -0.39 is 0 Å². The smallest absolute Gasteiger partial charge is 0.252 e. The molecule has 0 radical (unpaired) electrons. The lowest BCUT2D eigenvalue weighted by atomic mass is 10.1. The average Bonchev–Trinajstić information content (AvgIpc) is 2.92. The maximum Gasteiger partial charge on any atom is 0.252 e. The summed E-state index contributed by atoms with van der Waals surface area (Å²) in [6.07, 6.45) is 0.866. The normalized spacial score (nSPS) is 12.2. The fraction of sp³-hybridized carbons (Fsp3) is 0.214. The van der Waals surface area contributed by atoms with Gasteiger partial charge in [0.2, 0.25) is 0 Å². The molecule has 5 heteroatoms. The Labute approximate surface area is 130 Å². The number of nitrogens with one attached hydrogen (secondary N) is 1. The van der Waals surface area contributed by atoms with E-state index in [1.54, 1.807) is 17.4 Å². The first-order valence-corrected chi connectivity index (χ1v) is 8.06. The highest BCUT2D eigenvalue weighted by Crippen LogP contribution is 2.24. The molecule has 2 nitrogen and oxygen atoms in total. The van der Waals surface area contributed by atoms with Crippen LogP contribution in [0.2, 0.25) is 0 Å². The zero-order chi connectivity index (χ0) is 13.8. The molecule has 19 heavy (non-hydrogen) atoms. The lowest BCUT2D eigenvalue weighted by Gasteiger charge is -2.16. The third kappa shape index (κ3) is 3.61. The van der Waals surface area contributed by atoms with Gasteiger partial charge in [-0.2, -0.15) is 0 Å². The largest absolute Gasteiger partial charge is 0.344 e. The van der Waals surface area contributed by atoms with Gasteiger partial charge in [-0.15, -0.1) is 24.0 Å². The number of hydrogen-bond donors (Lipinski definition) is 2. The van der Waals surface area contributed by atoms with Gasteiger partial charge in [-0.1, -0.05) is 13.0 Å². The fourth-order valence-electron chi connectivity index (χ4n) is 1.79. The van der Waals surface area contributed by atoms with Crippen molar-refractivity contribution in [2.75, 3.05) is 0 Å². The Morgan fingerprint density at radius 1 is 1.47 bits per heavy atom. The summed E-state index contributed by atoms with van der Waals surface area (Å²) in [5.41, 5.74) is 0.613. The lowest BCUT2D eigenvalue weighted by molar-refractivity contribution is 0.0935. The summed E-state index contributed by atoms with van der Waals surface area (Å²) >= 11 is 9.33. The molecule has 1 N–H and O–H groups in total. The molecular formula is C14H14BrNOS2. The van der Waals surface area contributed by atoms with Crippen LogP contribution in [0, 0.1) is 0 Å². The number of thiol groups is 1. The molecular weight excluding hydrogens is 342 g/mol. The number of hydrogen-bond acceptors (Lipinski definition) is 3. The summed E-state index contributed by atoms with van der Waals surface area (Å²) in [6, 6.07) is 9.55. The van der Waals surface area contributed by atoms with Gasteiger partial charge in [0.1, 0.15) is 0 Å². The summed E-state index contributed by atoms with van der Waals surface area (Å²) in [4.78, 5) is 14.3. The molecule has 2 aromatic rings. The quantitative estimate of drug-likeness (QED) is 0.766. The number of rotatable bonds is 4. The Bertz CT molecular complexity index is 569. The van der Waals surface area contributed by atoms with Crippen LogP contribution in [0.5, 0.6) is 0 Å². The van der Waals surface area contributed by atoms with Crippen molar-refractivity contribution in [1.29, 1.82) is 0 Å². The Morgan fingerprint density at radius 2 is 2.26 bits per heavy atom. The minimum absolute atomic E-state index is 0.0583. The van der Waals surface area contributed by atoms with Crippen molar-refractivity contribution in [3.05, 3.63) is 50.6 Å². The standard InChI is InChI=1S/C14H14BrNOS2/c1-2-12(13-4-3-7-19-13)16-14(17)10-8-9(18)5-6-11(10)15/h3-8,12,18H,2H2,1H3,(H,16,17). The van der Waals surface area contributed by atoms with Crippen LogP contribution in [0.1, 0.15) is 34.6 Å². The van der Waals surface area contributed by atoms with Crippen LogP contribution < -0.4 is 5.32 Å². The van der Waals surface area contributed by atoms with E-state index in [1.807, 2.05) is 29.6 Å². The molecule has 2 rings (SSSR count). The summed E-state index contributed by atoms with van der Waals surface area (Å²) in [5, 5.41) is 5.08. The number of carbonyl (C=O) groups is 1. The summed E-state index contributed by atoms with van der Waals surface area (Å²) in [6.45, 7) is 2.06. The van der Waals surface area contributed by atoms with Gasteiger partial charge in [0, 0.05) is 14.2 Å². The molecule has 0 aliphatic rings. The summed E-state index contributed by atoms with van der Waals surface area (Å²) < 4.78 is 0.781. The third-order valence-corrected chi connectivity index (χ3v) is 4.75. The summed E-state index contributed by atoms with van der Waals surface area (Å²) in [7, 11) is 0. The Balaban J connectivity index is 2.18. The molecule has 0 bridgehead atoms. The van der Waals surface area contributed by atoms with Gasteiger partial charge >= 0.3 is 0 Å². The fourth-order valence-corrected chi connectivity index (χ4v) is 3.28. The molecule has 100 valence electrons. The minimum atomic E-state index is -0.0805. The van der Waals surface area contributed by atoms with Crippen LogP contribution in [0.25, 0.3) is 0 Å². The first-order valence-electron chi connectivity index (χ1n) is 5.94. The van der Waals surface area contributed by atoms with E-state index in [0.717, 1.165) is 15.8 Å². The van der Waals surface area contributed by atoms with Crippen LogP contribution in [0.3, 0.4) is 0 Å². The molecule has 0 fully saturated rings. The zero-order valence-corrected chi connectivity index (χ0v) is 13.7. The molecule has 1 amide bonds. The van der Waals surface area contributed by atoms with E-state index in [0.29, 0.717) is 5.56 Å². The number of amides is 1. The SMILES string of the molecule is CCC(NC(=O)c1cc(S)ccc1Br)c1cccs1. The van der Waals surface area contributed by atoms with Crippen LogP contribution in [-0.2, 0) is 0 Å². The van der Waals surface area contributed by atoms with Crippen LogP contribution in [0.4, 0.5) is 0 Å². The van der Waals surface area contributed by atoms with Gasteiger partial charge in [-0.25, -0.2) is 0 Å². The average molecular weight is 356 g/mol. The van der Waals surface area contributed by atoms with Crippen molar-refractivity contribution in [1.82, 2.24) is 5.32 Å². The maximum atomic E-state index is 12.3. The van der Waals surface area contributed by atoms with Gasteiger partial charge < -0.3 is 5.32 Å². The second-order valence-corrected chi connectivity index (χ2v) is 6.46. The molecule has 1 unspecified atom stereocenters. The van der Waals surface area contributed by atoms with Crippen LogP contribution >= 0.6 is 39.9 Å². The number of benzene rings is 1. The van der Waals surface area contributed by atoms with E-state index >= 15 is 0 Å².